The predicted molar refractivity (Wildman–Crippen MR) is 36.4 cm³/mol. The minimum absolute atomic E-state index is 0.0765. The number of aliphatic carboxylic acids is 1. The van der Waals surface area contributed by atoms with Gasteiger partial charge in [0.05, 0.1) is 0 Å². The van der Waals surface area contributed by atoms with Gasteiger partial charge in [0.1, 0.15) is 6.54 Å². The van der Waals surface area contributed by atoms with Gasteiger partial charge in [0.25, 0.3) is 0 Å². The number of carbonyl (C=O) groups excluding carboxylic acids is 1. The monoisotopic (exact) mass is 161 g/mol. The number of hydrogen-bond donors (Lipinski definition) is 1. The maximum Gasteiger partial charge on any atom is 0.324 e. The molecule has 0 atom stereocenters. The van der Waals surface area contributed by atoms with E-state index in [0.717, 1.165) is 0 Å². The standard InChI is InChI=1S/C5H7NO3S/c7-4-1-2-10-6(4)3-5(8)9/h1-3H2,(H,8,9). The van der Waals surface area contributed by atoms with Crippen molar-refractivity contribution in [2.24, 2.45) is 0 Å². The van der Waals surface area contributed by atoms with Crippen molar-refractivity contribution in [1.82, 2.24) is 4.31 Å². The fourth-order valence-electron chi connectivity index (χ4n) is 0.697. The lowest BCUT2D eigenvalue weighted by molar-refractivity contribution is -0.140. The molecule has 1 aliphatic heterocycles. The Morgan fingerprint density at radius 2 is 2.50 bits per heavy atom. The summed E-state index contributed by atoms with van der Waals surface area (Å²) in [7, 11) is 0. The third-order valence-electron chi connectivity index (χ3n) is 1.12. The summed E-state index contributed by atoms with van der Waals surface area (Å²) in [6.07, 6.45) is 0.470. The van der Waals surface area contributed by atoms with Crippen molar-refractivity contribution >= 4 is 23.8 Å². The molecule has 1 saturated heterocycles. The van der Waals surface area contributed by atoms with Crippen molar-refractivity contribution in [2.45, 2.75) is 6.42 Å². The summed E-state index contributed by atoms with van der Waals surface area (Å²) in [6.45, 7) is -0.177. The number of carboxylic acids is 1. The number of amides is 1. The first-order chi connectivity index (χ1) is 4.70. The van der Waals surface area contributed by atoms with Crippen molar-refractivity contribution in [3.05, 3.63) is 0 Å². The lowest BCUT2D eigenvalue weighted by Gasteiger charge is -2.08. The number of nitrogens with zero attached hydrogens (tertiary/aromatic N) is 1. The van der Waals surface area contributed by atoms with E-state index in [0.29, 0.717) is 12.2 Å². The lowest BCUT2D eigenvalue weighted by Crippen LogP contribution is -2.25. The number of carbonyl (C=O) groups is 2. The quantitative estimate of drug-likeness (QED) is 0.577. The molecule has 1 N–H and O–H groups in total. The van der Waals surface area contributed by atoms with Gasteiger partial charge in [-0.3, -0.25) is 13.9 Å². The molecule has 0 aromatic rings. The zero-order valence-corrected chi connectivity index (χ0v) is 6.06. The van der Waals surface area contributed by atoms with Crippen LogP contribution in [-0.4, -0.2) is 33.6 Å². The van der Waals surface area contributed by atoms with Crippen LogP contribution >= 0.6 is 11.9 Å². The highest BCUT2D eigenvalue weighted by Crippen LogP contribution is 2.20. The highest BCUT2D eigenvalue weighted by molar-refractivity contribution is 7.98. The van der Waals surface area contributed by atoms with E-state index in [9.17, 15) is 9.59 Å². The Balaban J connectivity index is 2.40. The lowest BCUT2D eigenvalue weighted by atomic mass is 10.4. The maximum atomic E-state index is 10.8. The number of carboxylic acid groups (broad SMARTS) is 1. The zero-order valence-electron chi connectivity index (χ0n) is 5.24. The zero-order chi connectivity index (χ0) is 7.56. The minimum atomic E-state index is -0.956. The minimum Gasteiger partial charge on any atom is -0.480 e. The number of hydrogen-bond acceptors (Lipinski definition) is 3. The molecule has 5 heteroatoms. The molecule has 0 aromatic carbocycles. The van der Waals surface area contributed by atoms with Gasteiger partial charge in [0, 0.05) is 12.2 Å². The third kappa shape index (κ3) is 1.63. The molecule has 1 heterocycles. The van der Waals surface area contributed by atoms with Crippen LogP contribution in [-0.2, 0) is 9.59 Å². The summed E-state index contributed by atoms with van der Waals surface area (Å²) in [5, 5.41) is 8.28. The molecular formula is C5H7NO3S. The average Bonchev–Trinajstić information content (AvgIpc) is 2.15. The fourth-order valence-corrected chi connectivity index (χ4v) is 1.62. The molecule has 0 aromatic heterocycles. The number of rotatable bonds is 2. The molecule has 0 spiro atoms. The Morgan fingerprint density at radius 1 is 1.80 bits per heavy atom. The Hall–Kier alpha value is -0.710. The Kier molecular flexibility index (Phi) is 2.16. The van der Waals surface area contributed by atoms with Gasteiger partial charge in [-0.1, -0.05) is 0 Å². The molecule has 1 aliphatic rings. The molecule has 0 aliphatic carbocycles. The van der Waals surface area contributed by atoms with Crippen molar-refractivity contribution in [3.8, 4) is 0 Å². The molecule has 1 rings (SSSR count). The van der Waals surface area contributed by atoms with Crippen LogP contribution in [0.3, 0.4) is 0 Å². The average molecular weight is 161 g/mol. The molecule has 1 amide bonds. The second kappa shape index (κ2) is 2.92. The molecular weight excluding hydrogens is 154 g/mol. The molecule has 56 valence electrons. The van der Waals surface area contributed by atoms with Gasteiger partial charge >= 0.3 is 5.97 Å². The van der Waals surface area contributed by atoms with Gasteiger partial charge in [-0.05, 0) is 11.9 Å². The maximum absolute atomic E-state index is 10.8. The highest BCUT2D eigenvalue weighted by atomic mass is 32.2. The largest absolute Gasteiger partial charge is 0.480 e. The van der Waals surface area contributed by atoms with Crippen LogP contribution in [0.25, 0.3) is 0 Å². The van der Waals surface area contributed by atoms with Gasteiger partial charge in [-0.25, -0.2) is 0 Å². The van der Waals surface area contributed by atoms with E-state index in [2.05, 4.69) is 0 Å². The first-order valence-electron chi connectivity index (χ1n) is 2.85. The van der Waals surface area contributed by atoms with Crippen LogP contribution in [0.4, 0.5) is 0 Å². The van der Waals surface area contributed by atoms with Gasteiger partial charge < -0.3 is 5.11 Å². The molecule has 1 fully saturated rings. The van der Waals surface area contributed by atoms with E-state index in [1.165, 1.54) is 16.3 Å². The highest BCUT2D eigenvalue weighted by Gasteiger charge is 2.22. The normalized spacial score (nSPS) is 18.0. The van der Waals surface area contributed by atoms with E-state index < -0.39 is 5.97 Å². The summed E-state index contributed by atoms with van der Waals surface area (Å²) < 4.78 is 1.28. The van der Waals surface area contributed by atoms with Crippen molar-refractivity contribution in [2.75, 3.05) is 12.3 Å². The van der Waals surface area contributed by atoms with Crippen LogP contribution in [0.5, 0.6) is 0 Å². The smallest absolute Gasteiger partial charge is 0.324 e. The Morgan fingerprint density at radius 3 is 2.90 bits per heavy atom. The molecule has 0 radical (unpaired) electrons. The van der Waals surface area contributed by atoms with Crippen molar-refractivity contribution < 1.29 is 14.7 Å². The van der Waals surface area contributed by atoms with Gasteiger partial charge in [0.15, 0.2) is 0 Å². The van der Waals surface area contributed by atoms with E-state index >= 15 is 0 Å². The van der Waals surface area contributed by atoms with Crippen molar-refractivity contribution in [3.63, 3.8) is 0 Å². The molecule has 0 unspecified atom stereocenters. The van der Waals surface area contributed by atoms with E-state index in [1.54, 1.807) is 0 Å². The second-order valence-electron chi connectivity index (χ2n) is 1.91. The summed E-state index contributed by atoms with van der Waals surface area (Å²) in [5.74, 6) is -0.318. The van der Waals surface area contributed by atoms with Crippen molar-refractivity contribution in [1.29, 1.82) is 0 Å². The molecule has 0 bridgehead atoms. The van der Waals surface area contributed by atoms with Crippen LogP contribution in [0.15, 0.2) is 0 Å². The van der Waals surface area contributed by atoms with Crippen LogP contribution in [0.2, 0.25) is 0 Å². The molecule has 0 saturated carbocycles. The van der Waals surface area contributed by atoms with Crippen LogP contribution in [0.1, 0.15) is 6.42 Å². The molecule has 10 heavy (non-hydrogen) atoms. The van der Waals surface area contributed by atoms with Gasteiger partial charge in [-0.2, -0.15) is 0 Å². The Labute approximate surface area is 62.3 Å². The first-order valence-corrected chi connectivity index (χ1v) is 3.79. The Bertz CT molecular complexity index is 170. The second-order valence-corrected chi connectivity index (χ2v) is 3.01. The SMILES string of the molecule is O=C(O)CN1SCCC1=O. The fraction of sp³-hybridized carbons (Fsp3) is 0.600. The van der Waals surface area contributed by atoms with E-state index in [1.807, 2.05) is 0 Å². The topological polar surface area (TPSA) is 57.6 Å². The van der Waals surface area contributed by atoms with E-state index in [4.69, 9.17) is 5.11 Å². The summed E-state index contributed by atoms with van der Waals surface area (Å²) in [6, 6.07) is 0. The summed E-state index contributed by atoms with van der Waals surface area (Å²) >= 11 is 1.28. The third-order valence-corrected chi connectivity index (χ3v) is 2.15. The summed E-state index contributed by atoms with van der Waals surface area (Å²) in [5.41, 5.74) is 0. The first kappa shape index (κ1) is 7.40. The van der Waals surface area contributed by atoms with Crippen LogP contribution < -0.4 is 0 Å². The molecule has 4 nitrogen and oxygen atoms in total. The van der Waals surface area contributed by atoms with Crippen LogP contribution in [0, 0.1) is 0 Å². The summed E-state index contributed by atoms with van der Waals surface area (Å²) in [4.78, 5) is 20.8. The van der Waals surface area contributed by atoms with E-state index in [-0.39, 0.29) is 12.5 Å². The van der Waals surface area contributed by atoms with Gasteiger partial charge in [-0.15, -0.1) is 0 Å². The van der Waals surface area contributed by atoms with Gasteiger partial charge in [0.2, 0.25) is 5.91 Å². The predicted octanol–water partition coefficient (Wildman–Crippen LogP) is -0.0485.